The molecule has 2 N–H and O–H groups in total. The minimum Gasteiger partial charge on any atom is -0.463 e. The number of nitrogens with one attached hydrogen (secondary N) is 1. The second-order valence-electron chi connectivity index (χ2n) is 8.81. The normalized spacial score (nSPS) is 21.3. The third-order valence-corrected chi connectivity index (χ3v) is 6.29. The van der Waals surface area contributed by atoms with Crippen LogP contribution in [0.3, 0.4) is 0 Å². The van der Waals surface area contributed by atoms with E-state index in [1.807, 2.05) is 42.5 Å². The van der Waals surface area contributed by atoms with Crippen molar-refractivity contribution in [2.75, 3.05) is 19.8 Å². The molecule has 1 spiro atoms. The number of ether oxygens (including phenoxy) is 1. The molecule has 0 aromatic heterocycles. The van der Waals surface area contributed by atoms with E-state index in [9.17, 15) is 19.5 Å². The highest BCUT2D eigenvalue weighted by Gasteiger charge is 2.38. The van der Waals surface area contributed by atoms with Crippen LogP contribution in [0.15, 0.2) is 42.5 Å². The van der Waals surface area contributed by atoms with E-state index in [1.165, 1.54) is 0 Å². The average molecular weight is 443 g/mol. The van der Waals surface area contributed by atoms with Crippen molar-refractivity contribution in [2.24, 2.45) is 5.92 Å². The highest BCUT2D eigenvalue weighted by molar-refractivity contribution is 5.86. The number of benzene rings is 1. The summed E-state index contributed by atoms with van der Waals surface area (Å²) in [6, 6.07) is 9.62. The van der Waals surface area contributed by atoms with Gasteiger partial charge in [-0.15, -0.1) is 0 Å². The zero-order valence-electron chi connectivity index (χ0n) is 18.6. The first kappa shape index (κ1) is 24.0. The predicted molar refractivity (Wildman–Crippen MR) is 120 cm³/mol. The Hall–Kier alpha value is -2.67. The SMILES string of the molecule is O=C1CCC=CC[C@H](CC(=O)N(CCO)Cc2ccccc2)C(=O)NC2(CCCC2)CO1. The summed E-state index contributed by atoms with van der Waals surface area (Å²) >= 11 is 0. The number of aliphatic hydroxyl groups is 1. The number of carbonyl (C=O) groups excluding carboxylic acids is 3. The fourth-order valence-corrected chi connectivity index (χ4v) is 4.43. The van der Waals surface area contributed by atoms with Crippen LogP contribution in [0.1, 0.15) is 56.9 Å². The molecule has 1 aliphatic heterocycles. The number of hydrogen-bond donors (Lipinski definition) is 2. The van der Waals surface area contributed by atoms with Crippen molar-refractivity contribution in [1.82, 2.24) is 10.2 Å². The third kappa shape index (κ3) is 6.92. The summed E-state index contributed by atoms with van der Waals surface area (Å²) < 4.78 is 5.46. The maximum atomic E-state index is 13.2. The van der Waals surface area contributed by atoms with Crippen molar-refractivity contribution in [3.8, 4) is 0 Å². The summed E-state index contributed by atoms with van der Waals surface area (Å²) in [5.41, 5.74) is 0.440. The highest BCUT2D eigenvalue weighted by Crippen LogP contribution is 2.31. The zero-order valence-corrected chi connectivity index (χ0v) is 18.6. The van der Waals surface area contributed by atoms with E-state index in [0.717, 1.165) is 31.2 Å². The van der Waals surface area contributed by atoms with Crippen molar-refractivity contribution in [1.29, 1.82) is 0 Å². The molecule has 7 nitrogen and oxygen atoms in total. The van der Waals surface area contributed by atoms with E-state index in [4.69, 9.17) is 4.74 Å². The second kappa shape index (κ2) is 11.8. The van der Waals surface area contributed by atoms with Gasteiger partial charge in [0.25, 0.3) is 0 Å². The van der Waals surface area contributed by atoms with E-state index in [-0.39, 0.29) is 44.0 Å². The number of cyclic esters (lactones) is 1. The third-order valence-electron chi connectivity index (χ3n) is 6.29. The Morgan fingerprint density at radius 3 is 2.62 bits per heavy atom. The Kier molecular flexibility index (Phi) is 8.85. The molecule has 0 unspecified atom stereocenters. The van der Waals surface area contributed by atoms with Gasteiger partial charge in [-0.25, -0.2) is 0 Å². The molecule has 1 aromatic rings. The quantitative estimate of drug-likeness (QED) is 0.522. The molecule has 2 aliphatic rings. The van der Waals surface area contributed by atoms with Crippen LogP contribution in [0.5, 0.6) is 0 Å². The summed E-state index contributed by atoms with van der Waals surface area (Å²) in [4.78, 5) is 39.9. The first-order valence-electron chi connectivity index (χ1n) is 11.6. The van der Waals surface area contributed by atoms with Gasteiger partial charge in [0.15, 0.2) is 0 Å². The van der Waals surface area contributed by atoms with Crippen molar-refractivity contribution >= 4 is 17.8 Å². The first-order chi connectivity index (χ1) is 15.5. The number of nitrogens with zero attached hydrogens (tertiary/aromatic N) is 1. The van der Waals surface area contributed by atoms with Gasteiger partial charge in [0.1, 0.15) is 6.61 Å². The van der Waals surface area contributed by atoms with Crippen LogP contribution in [0, 0.1) is 5.92 Å². The summed E-state index contributed by atoms with van der Waals surface area (Å²) in [6.45, 7) is 0.665. The van der Waals surface area contributed by atoms with Gasteiger partial charge in [-0.05, 0) is 31.2 Å². The second-order valence-corrected chi connectivity index (χ2v) is 8.81. The van der Waals surface area contributed by atoms with Crippen molar-refractivity contribution < 1.29 is 24.2 Å². The number of rotatable bonds is 6. The van der Waals surface area contributed by atoms with Gasteiger partial charge in [-0.3, -0.25) is 14.4 Å². The van der Waals surface area contributed by atoms with Crippen LogP contribution in [0.4, 0.5) is 0 Å². The predicted octanol–water partition coefficient (Wildman–Crippen LogP) is 2.73. The van der Waals surface area contributed by atoms with Crippen molar-refractivity contribution in [3.63, 3.8) is 0 Å². The first-order valence-corrected chi connectivity index (χ1v) is 11.6. The Balaban J connectivity index is 1.73. The molecule has 174 valence electrons. The molecule has 1 aliphatic carbocycles. The number of amides is 2. The molecule has 1 aromatic carbocycles. The van der Waals surface area contributed by atoms with Crippen LogP contribution in [0.25, 0.3) is 0 Å². The molecule has 0 bridgehead atoms. The summed E-state index contributed by atoms with van der Waals surface area (Å²) in [5, 5.41) is 12.6. The Labute approximate surface area is 189 Å². The minimum absolute atomic E-state index is 0.0683. The van der Waals surface area contributed by atoms with E-state index >= 15 is 0 Å². The lowest BCUT2D eigenvalue weighted by molar-refractivity contribution is -0.147. The van der Waals surface area contributed by atoms with Crippen molar-refractivity contribution in [2.45, 2.75) is 63.5 Å². The summed E-state index contributed by atoms with van der Waals surface area (Å²) in [7, 11) is 0. The van der Waals surface area contributed by atoms with Gasteiger partial charge in [0.05, 0.1) is 18.1 Å². The Morgan fingerprint density at radius 2 is 1.91 bits per heavy atom. The van der Waals surface area contributed by atoms with E-state index in [2.05, 4.69) is 5.32 Å². The molecular formula is C25H34N2O5. The molecule has 1 fully saturated rings. The molecule has 32 heavy (non-hydrogen) atoms. The fraction of sp³-hybridized carbons (Fsp3) is 0.560. The average Bonchev–Trinajstić information content (AvgIpc) is 3.25. The van der Waals surface area contributed by atoms with Gasteiger partial charge in [0.2, 0.25) is 11.8 Å². The van der Waals surface area contributed by atoms with Gasteiger partial charge in [0, 0.05) is 25.9 Å². The van der Waals surface area contributed by atoms with Gasteiger partial charge < -0.3 is 20.1 Å². The monoisotopic (exact) mass is 442 g/mol. The maximum Gasteiger partial charge on any atom is 0.306 e. The number of esters is 1. The lowest BCUT2D eigenvalue weighted by Gasteiger charge is -2.32. The Morgan fingerprint density at radius 1 is 1.16 bits per heavy atom. The zero-order chi connectivity index (χ0) is 22.8. The van der Waals surface area contributed by atoms with E-state index in [1.54, 1.807) is 4.90 Å². The molecule has 2 amide bonds. The number of aliphatic hydroxyl groups excluding tert-OH is 1. The van der Waals surface area contributed by atoms with E-state index in [0.29, 0.717) is 25.8 Å². The molecule has 1 saturated carbocycles. The number of carbonyl (C=O) groups is 3. The van der Waals surface area contributed by atoms with Crippen LogP contribution in [-0.4, -0.2) is 53.1 Å². The summed E-state index contributed by atoms with van der Waals surface area (Å²) in [6.07, 6.45) is 8.60. The minimum atomic E-state index is -0.536. The van der Waals surface area contributed by atoms with Crippen molar-refractivity contribution in [3.05, 3.63) is 48.0 Å². The Bertz CT molecular complexity index is 802. The maximum absolute atomic E-state index is 13.2. The van der Waals surface area contributed by atoms with E-state index < -0.39 is 11.5 Å². The smallest absolute Gasteiger partial charge is 0.306 e. The molecular weight excluding hydrogens is 408 g/mol. The lowest BCUT2D eigenvalue weighted by Crippen LogP contribution is -2.52. The van der Waals surface area contributed by atoms with Crippen LogP contribution >= 0.6 is 0 Å². The van der Waals surface area contributed by atoms with Gasteiger partial charge in [-0.1, -0.05) is 55.3 Å². The standard InChI is InChI=1S/C25H34N2O5/c28-16-15-27(18-20-9-3-1-4-10-20)22(29)17-21-11-5-2-6-12-23(30)32-19-25(26-24(21)31)13-7-8-14-25/h1-5,9-10,21,28H,6-8,11-19H2,(H,26,31)/t21-/m1/s1. The van der Waals surface area contributed by atoms with Crippen LogP contribution < -0.4 is 5.32 Å². The number of allylic oxidation sites excluding steroid dienone is 2. The molecule has 0 saturated heterocycles. The highest BCUT2D eigenvalue weighted by atomic mass is 16.5. The van der Waals surface area contributed by atoms with Gasteiger partial charge in [-0.2, -0.15) is 0 Å². The largest absolute Gasteiger partial charge is 0.463 e. The fourth-order valence-electron chi connectivity index (χ4n) is 4.43. The van der Waals surface area contributed by atoms with Gasteiger partial charge >= 0.3 is 5.97 Å². The molecule has 1 atom stereocenters. The molecule has 7 heteroatoms. The summed E-state index contributed by atoms with van der Waals surface area (Å²) in [5.74, 6) is -1.09. The van der Waals surface area contributed by atoms with Crippen LogP contribution in [-0.2, 0) is 25.7 Å². The molecule has 3 rings (SSSR count). The molecule has 1 heterocycles. The number of hydrogen-bond acceptors (Lipinski definition) is 5. The lowest BCUT2D eigenvalue weighted by atomic mass is 9.93. The molecule has 0 radical (unpaired) electrons. The van der Waals surface area contributed by atoms with Crippen LogP contribution in [0.2, 0.25) is 0 Å². The topological polar surface area (TPSA) is 95.9 Å².